The zero-order valence-corrected chi connectivity index (χ0v) is 14.2. The molecule has 2 aromatic carbocycles. The van der Waals surface area contributed by atoms with Crippen LogP contribution in [0.15, 0.2) is 60.7 Å². The van der Waals surface area contributed by atoms with Crippen LogP contribution in [0, 0.1) is 0 Å². The fourth-order valence-corrected chi connectivity index (χ4v) is 2.18. The lowest BCUT2D eigenvalue weighted by molar-refractivity contribution is 0.260. The third-order valence-corrected chi connectivity index (χ3v) is 3.76. The molecule has 2 aromatic rings. The van der Waals surface area contributed by atoms with Crippen LogP contribution in [-0.4, -0.2) is 35.5 Å². The van der Waals surface area contributed by atoms with Crippen molar-refractivity contribution in [1.82, 2.24) is 0 Å². The summed E-state index contributed by atoms with van der Waals surface area (Å²) in [6.07, 6.45) is 3.59. The van der Waals surface area contributed by atoms with Gasteiger partial charge < -0.3 is 21.7 Å². The summed E-state index contributed by atoms with van der Waals surface area (Å²) in [5.74, 6) is 0. The predicted molar refractivity (Wildman–Crippen MR) is 99.6 cm³/mol. The first-order chi connectivity index (χ1) is 11.7. The first-order valence-electron chi connectivity index (χ1n) is 8.46. The van der Waals surface area contributed by atoms with Gasteiger partial charge in [-0.1, -0.05) is 60.7 Å². The molecule has 0 spiro atoms. The van der Waals surface area contributed by atoms with Gasteiger partial charge in [0.2, 0.25) is 0 Å². The Morgan fingerprint density at radius 2 is 0.958 bits per heavy atom. The summed E-state index contributed by atoms with van der Waals surface area (Å²) < 4.78 is 0. The second-order valence-corrected chi connectivity index (χ2v) is 5.93. The van der Waals surface area contributed by atoms with Crippen LogP contribution in [0.1, 0.15) is 24.0 Å². The topological polar surface area (TPSA) is 92.5 Å². The summed E-state index contributed by atoms with van der Waals surface area (Å²) in [6, 6.07) is 20.2. The molecule has 0 radical (unpaired) electrons. The number of nitrogens with two attached hydrogens (primary N) is 2. The third-order valence-electron chi connectivity index (χ3n) is 3.76. The van der Waals surface area contributed by atoms with Crippen LogP contribution >= 0.6 is 0 Å². The summed E-state index contributed by atoms with van der Waals surface area (Å²) in [4.78, 5) is 0. The Bertz CT molecular complexity index is 470. The molecular weight excluding hydrogens is 300 g/mol. The van der Waals surface area contributed by atoms with Gasteiger partial charge in [0, 0.05) is 12.1 Å². The maximum atomic E-state index is 8.69. The lowest BCUT2D eigenvalue weighted by Crippen LogP contribution is -2.24. The molecule has 2 atom stereocenters. The molecule has 0 amide bonds. The molecule has 0 fully saturated rings. The number of benzene rings is 2. The summed E-state index contributed by atoms with van der Waals surface area (Å²) in [5, 5.41) is 17.4. The fourth-order valence-electron chi connectivity index (χ4n) is 2.18. The SMILES string of the molecule is NC(CO)CCc1ccccc1.NC(CO)CCc1ccccc1. The maximum absolute atomic E-state index is 8.69. The van der Waals surface area contributed by atoms with E-state index < -0.39 is 0 Å². The number of aryl methyl sites for hydroxylation is 2. The normalized spacial score (nSPS) is 12.8. The average molecular weight is 330 g/mol. The summed E-state index contributed by atoms with van der Waals surface area (Å²) in [5.41, 5.74) is 13.7. The molecule has 0 heterocycles. The molecule has 2 unspecified atom stereocenters. The van der Waals surface area contributed by atoms with Crippen LogP contribution in [0.5, 0.6) is 0 Å². The van der Waals surface area contributed by atoms with E-state index in [1.54, 1.807) is 0 Å². The van der Waals surface area contributed by atoms with E-state index in [0.29, 0.717) is 0 Å². The van der Waals surface area contributed by atoms with Crippen molar-refractivity contribution in [3.63, 3.8) is 0 Å². The van der Waals surface area contributed by atoms with E-state index in [0.717, 1.165) is 25.7 Å². The Morgan fingerprint density at radius 1 is 0.625 bits per heavy atom. The Morgan fingerprint density at radius 3 is 1.25 bits per heavy atom. The first-order valence-corrected chi connectivity index (χ1v) is 8.46. The zero-order chi connectivity index (χ0) is 17.6. The van der Waals surface area contributed by atoms with Crippen molar-refractivity contribution in [1.29, 1.82) is 0 Å². The molecule has 0 saturated heterocycles. The van der Waals surface area contributed by atoms with Crippen LogP contribution in [0.3, 0.4) is 0 Å². The lowest BCUT2D eigenvalue weighted by atomic mass is 10.1. The Kier molecular flexibility index (Phi) is 10.7. The van der Waals surface area contributed by atoms with Gasteiger partial charge in [0.25, 0.3) is 0 Å². The molecule has 24 heavy (non-hydrogen) atoms. The van der Waals surface area contributed by atoms with Crippen LogP contribution < -0.4 is 11.5 Å². The molecule has 0 aromatic heterocycles. The Labute approximate surface area is 145 Å². The van der Waals surface area contributed by atoms with Gasteiger partial charge in [-0.2, -0.15) is 0 Å². The molecule has 0 saturated carbocycles. The van der Waals surface area contributed by atoms with Gasteiger partial charge in [-0.3, -0.25) is 0 Å². The molecule has 4 nitrogen and oxygen atoms in total. The minimum Gasteiger partial charge on any atom is -0.395 e. The van der Waals surface area contributed by atoms with Crippen LogP contribution in [0.4, 0.5) is 0 Å². The molecule has 4 heteroatoms. The number of aliphatic hydroxyl groups excluding tert-OH is 2. The Balaban J connectivity index is 0.000000240. The number of hydrogen-bond acceptors (Lipinski definition) is 4. The lowest BCUT2D eigenvalue weighted by Gasteiger charge is -2.06. The van der Waals surface area contributed by atoms with Gasteiger partial charge >= 0.3 is 0 Å². The minimum absolute atomic E-state index is 0.0762. The van der Waals surface area contributed by atoms with Crippen molar-refractivity contribution in [3.05, 3.63) is 71.8 Å². The van der Waals surface area contributed by atoms with E-state index in [4.69, 9.17) is 21.7 Å². The summed E-state index contributed by atoms with van der Waals surface area (Å²) in [6.45, 7) is 0.152. The predicted octanol–water partition coefficient (Wildman–Crippen LogP) is 1.88. The average Bonchev–Trinajstić information content (AvgIpc) is 2.66. The highest BCUT2D eigenvalue weighted by Gasteiger charge is 2.00. The van der Waals surface area contributed by atoms with Gasteiger partial charge in [-0.05, 0) is 36.8 Å². The van der Waals surface area contributed by atoms with E-state index in [2.05, 4.69) is 24.3 Å². The van der Waals surface area contributed by atoms with E-state index >= 15 is 0 Å². The quantitative estimate of drug-likeness (QED) is 0.594. The number of hydrogen-bond donors (Lipinski definition) is 4. The van der Waals surface area contributed by atoms with Crippen molar-refractivity contribution in [2.45, 2.75) is 37.8 Å². The van der Waals surface area contributed by atoms with Gasteiger partial charge in [0.05, 0.1) is 13.2 Å². The van der Waals surface area contributed by atoms with Gasteiger partial charge in [0.15, 0.2) is 0 Å². The second kappa shape index (κ2) is 12.7. The van der Waals surface area contributed by atoms with Crippen molar-refractivity contribution in [2.24, 2.45) is 11.5 Å². The highest BCUT2D eigenvalue weighted by atomic mass is 16.3. The summed E-state index contributed by atoms with van der Waals surface area (Å²) >= 11 is 0. The van der Waals surface area contributed by atoms with Crippen molar-refractivity contribution in [3.8, 4) is 0 Å². The fraction of sp³-hybridized carbons (Fsp3) is 0.400. The number of rotatable bonds is 8. The highest BCUT2D eigenvalue weighted by molar-refractivity contribution is 5.15. The first kappa shape index (κ1) is 20.3. The molecule has 0 aliphatic rings. The van der Waals surface area contributed by atoms with Crippen LogP contribution in [0.2, 0.25) is 0 Å². The van der Waals surface area contributed by atoms with Crippen molar-refractivity contribution < 1.29 is 10.2 Å². The molecule has 2 rings (SSSR count). The van der Waals surface area contributed by atoms with E-state index in [9.17, 15) is 0 Å². The zero-order valence-electron chi connectivity index (χ0n) is 14.2. The number of aliphatic hydroxyl groups is 2. The molecule has 0 bridgehead atoms. The van der Waals surface area contributed by atoms with Crippen LogP contribution in [0.25, 0.3) is 0 Å². The smallest absolute Gasteiger partial charge is 0.0582 e. The van der Waals surface area contributed by atoms with E-state index in [1.165, 1.54) is 11.1 Å². The maximum Gasteiger partial charge on any atom is 0.0582 e. The molecule has 0 aliphatic heterocycles. The van der Waals surface area contributed by atoms with Gasteiger partial charge in [-0.25, -0.2) is 0 Å². The van der Waals surface area contributed by atoms with Crippen LogP contribution in [-0.2, 0) is 12.8 Å². The van der Waals surface area contributed by atoms with E-state index in [-0.39, 0.29) is 25.3 Å². The minimum atomic E-state index is -0.0785. The molecule has 6 N–H and O–H groups in total. The third kappa shape index (κ3) is 9.43. The highest BCUT2D eigenvalue weighted by Crippen LogP contribution is 2.04. The van der Waals surface area contributed by atoms with Gasteiger partial charge in [0.1, 0.15) is 0 Å². The van der Waals surface area contributed by atoms with Crippen molar-refractivity contribution >= 4 is 0 Å². The molecular formula is C20H30N2O2. The van der Waals surface area contributed by atoms with E-state index in [1.807, 2.05) is 36.4 Å². The van der Waals surface area contributed by atoms with Crippen molar-refractivity contribution in [2.75, 3.05) is 13.2 Å². The summed E-state index contributed by atoms with van der Waals surface area (Å²) in [7, 11) is 0. The molecule has 132 valence electrons. The largest absolute Gasteiger partial charge is 0.395 e. The Hall–Kier alpha value is -1.72. The van der Waals surface area contributed by atoms with Gasteiger partial charge in [-0.15, -0.1) is 0 Å². The molecule has 0 aliphatic carbocycles. The standard InChI is InChI=1S/2C10H15NO/c2*11-10(8-12)7-6-9-4-2-1-3-5-9/h2*1-5,10,12H,6-8,11H2. The monoisotopic (exact) mass is 330 g/mol. The second-order valence-electron chi connectivity index (χ2n) is 5.93.